The smallest absolute Gasteiger partial charge is 0.286 e. The molecule has 138 valence electrons. The average molecular weight is 394 g/mol. The van der Waals surface area contributed by atoms with Crippen molar-refractivity contribution in [1.82, 2.24) is 5.32 Å². The first-order valence-corrected chi connectivity index (χ1v) is 9.90. The van der Waals surface area contributed by atoms with E-state index in [0.29, 0.717) is 10.7 Å². The van der Waals surface area contributed by atoms with E-state index in [1.54, 1.807) is 18.2 Å². The van der Waals surface area contributed by atoms with Gasteiger partial charge in [0.05, 0.1) is 17.0 Å². The third kappa shape index (κ3) is 4.95. The molecule has 0 aliphatic carbocycles. The highest BCUT2D eigenvalue weighted by molar-refractivity contribution is 7.99. The van der Waals surface area contributed by atoms with Crippen molar-refractivity contribution in [1.29, 1.82) is 0 Å². The summed E-state index contributed by atoms with van der Waals surface area (Å²) in [5.41, 5.74) is 1.64. The topological polar surface area (TPSA) is 74.6 Å². The average Bonchev–Trinajstić information content (AvgIpc) is 3.17. The van der Waals surface area contributed by atoms with Crippen molar-refractivity contribution < 1.29 is 14.0 Å². The highest BCUT2D eigenvalue weighted by Gasteiger charge is 2.15. The van der Waals surface area contributed by atoms with Gasteiger partial charge in [-0.15, -0.1) is 0 Å². The van der Waals surface area contributed by atoms with E-state index in [1.807, 2.05) is 23.9 Å². The van der Waals surface area contributed by atoms with Crippen LogP contribution in [-0.2, 0) is 4.79 Å². The second-order valence-corrected chi connectivity index (χ2v) is 7.43. The summed E-state index contributed by atoms with van der Waals surface area (Å²) in [5, 5.41) is 6.06. The first-order chi connectivity index (χ1) is 12.6. The number of carbonyl (C=O) groups excluding carboxylic acids is 2. The lowest BCUT2D eigenvalue weighted by molar-refractivity contribution is -0.116. The Bertz CT molecular complexity index is 761. The van der Waals surface area contributed by atoms with Crippen LogP contribution < -0.4 is 15.5 Å². The number of furan rings is 1. The van der Waals surface area contributed by atoms with E-state index in [4.69, 9.17) is 16.0 Å². The van der Waals surface area contributed by atoms with Crippen molar-refractivity contribution in [3.05, 3.63) is 47.4 Å². The fraction of sp³-hybridized carbons (Fsp3) is 0.333. The zero-order valence-electron chi connectivity index (χ0n) is 14.2. The SMILES string of the molecule is O=C(CCNC(=O)c1ccco1)Nc1ccc(N2CCSCC2)c(Cl)c1. The summed E-state index contributed by atoms with van der Waals surface area (Å²) in [6.07, 6.45) is 1.59. The third-order valence-electron chi connectivity index (χ3n) is 3.97. The van der Waals surface area contributed by atoms with E-state index in [1.165, 1.54) is 6.26 Å². The Kier molecular flexibility index (Phi) is 6.46. The molecule has 0 radical (unpaired) electrons. The van der Waals surface area contributed by atoms with E-state index in [9.17, 15) is 9.59 Å². The summed E-state index contributed by atoms with van der Waals surface area (Å²) in [6.45, 7) is 2.18. The maximum Gasteiger partial charge on any atom is 0.286 e. The van der Waals surface area contributed by atoms with Crippen LogP contribution in [0.4, 0.5) is 11.4 Å². The molecule has 6 nitrogen and oxygen atoms in total. The molecule has 0 unspecified atom stereocenters. The number of hydrogen-bond donors (Lipinski definition) is 2. The van der Waals surface area contributed by atoms with Crippen molar-refractivity contribution in [3.63, 3.8) is 0 Å². The molecule has 2 N–H and O–H groups in total. The fourth-order valence-electron chi connectivity index (χ4n) is 2.65. The van der Waals surface area contributed by atoms with E-state index < -0.39 is 0 Å². The number of anilines is 2. The van der Waals surface area contributed by atoms with Gasteiger partial charge in [-0.2, -0.15) is 11.8 Å². The Labute approximate surface area is 161 Å². The molecule has 2 aromatic rings. The lowest BCUT2D eigenvalue weighted by Crippen LogP contribution is -2.32. The van der Waals surface area contributed by atoms with Gasteiger partial charge >= 0.3 is 0 Å². The predicted octanol–water partition coefficient (Wildman–Crippen LogP) is 3.24. The van der Waals surface area contributed by atoms with Crippen molar-refractivity contribution >= 4 is 46.6 Å². The van der Waals surface area contributed by atoms with Crippen molar-refractivity contribution in [2.45, 2.75) is 6.42 Å². The third-order valence-corrected chi connectivity index (χ3v) is 5.21. The molecule has 2 heterocycles. The summed E-state index contributed by atoms with van der Waals surface area (Å²) in [5.74, 6) is 1.89. The lowest BCUT2D eigenvalue weighted by Gasteiger charge is -2.29. The van der Waals surface area contributed by atoms with Gasteiger partial charge < -0.3 is 20.0 Å². The van der Waals surface area contributed by atoms with Crippen LogP contribution in [0, 0.1) is 0 Å². The molecule has 3 rings (SSSR count). The maximum absolute atomic E-state index is 12.0. The molecular formula is C18H20ClN3O3S. The number of carbonyl (C=O) groups is 2. The molecule has 0 saturated carbocycles. The summed E-state index contributed by atoms with van der Waals surface area (Å²) in [4.78, 5) is 26.0. The number of nitrogens with one attached hydrogen (secondary N) is 2. The molecule has 26 heavy (non-hydrogen) atoms. The van der Waals surface area contributed by atoms with Crippen molar-refractivity contribution in [2.24, 2.45) is 0 Å². The Morgan fingerprint density at radius 1 is 1.23 bits per heavy atom. The normalized spacial score (nSPS) is 14.1. The van der Waals surface area contributed by atoms with Crippen LogP contribution in [0.15, 0.2) is 41.0 Å². The van der Waals surface area contributed by atoms with Gasteiger partial charge in [-0.3, -0.25) is 9.59 Å². The van der Waals surface area contributed by atoms with Crippen molar-refractivity contribution in [3.8, 4) is 0 Å². The Hall–Kier alpha value is -2.12. The molecule has 1 aliphatic heterocycles. The van der Waals surface area contributed by atoms with Gasteiger partial charge in [0.2, 0.25) is 5.91 Å². The number of halogens is 1. The zero-order chi connectivity index (χ0) is 18.4. The monoisotopic (exact) mass is 393 g/mol. The fourth-order valence-corrected chi connectivity index (χ4v) is 3.86. The highest BCUT2D eigenvalue weighted by atomic mass is 35.5. The number of amides is 2. The number of rotatable bonds is 6. The summed E-state index contributed by atoms with van der Waals surface area (Å²) in [7, 11) is 0. The second kappa shape index (κ2) is 9.00. The first-order valence-electron chi connectivity index (χ1n) is 8.37. The van der Waals surface area contributed by atoms with E-state index in [-0.39, 0.29) is 30.5 Å². The van der Waals surface area contributed by atoms with Crippen LogP contribution in [0.5, 0.6) is 0 Å². The van der Waals surface area contributed by atoms with Gasteiger partial charge in [0, 0.05) is 43.2 Å². The lowest BCUT2D eigenvalue weighted by atomic mass is 10.2. The summed E-state index contributed by atoms with van der Waals surface area (Å²) in [6, 6.07) is 8.75. The van der Waals surface area contributed by atoms with E-state index in [2.05, 4.69) is 15.5 Å². The van der Waals surface area contributed by atoms with Crippen molar-refractivity contribution in [2.75, 3.05) is 41.4 Å². The van der Waals surface area contributed by atoms with Crippen LogP contribution in [0.2, 0.25) is 5.02 Å². The Balaban J connectivity index is 1.48. The quantitative estimate of drug-likeness (QED) is 0.788. The molecule has 0 atom stereocenters. The Morgan fingerprint density at radius 2 is 2.04 bits per heavy atom. The van der Waals surface area contributed by atoms with Gasteiger partial charge in [-0.1, -0.05) is 11.6 Å². The minimum absolute atomic E-state index is 0.162. The molecule has 1 aliphatic rings. The first kappa shape index (κ1) is 18.7. The standard InChI is InChI=1S/C18H20ClN3O3S/c19-14-12-13(3-4-15(14)22-7-10-26-11-8-22)21-17(23)5-6-20-18(24)16-2-1-9-25-16/h1-4,9,12H,5-8,10-11H2,(H,20,24)(H,21,23). The van der Waals surface area contributed by atoms with Crippen LogP contribution in [0.3, 0.4) is 0 Å². The molecule has 1 fully saturated rings. The molecule has 2 amide bonds. The molecule has 1 saturated heterocycles. The molecule has 0 spiro atoms. The van der Waals surface area contributed by atoms with Gasteiger partial charge in [0.15, 0.2) is 5.76 Å². The number of thioether (sulfide) groups is 1. The second-order valence-electron chi connectivity index (χ2n) is 5.80. The summed E-state index contributed by atoms with van der Waals surface area (Å²) >= 11 is 8.32. The molecule has 8 heteroatoms. The largest absolute Gasteiger partial charge is 0.459 e. The van der Waals surface area contributed by atoms with Crippen LogP contribution in [-0.4, -0.2) is 43.0 Å². The minimum atomic E-state index is -0.338. The minimum Gasteiger partial charge on any atom is -0.459 e. The molecule has 1 aromatic heterocycles. The zero-order valence-corrected chi connectivity index (χ0v) is 15.7. The van der Waals surface area contributed by atoms with Gasteiger partial charge in [-0.05, 0) is 30.3 Å². The van der Waals surface area contributed by atoms with Gasteiger partial charge in [0.1, 0.15) is 0 Å². The van der Waals surface area contributed by atoms with Gasteiger partial charge in [-0.25, -0.2) is 0 Å². The predicted molar refractivity (Wildman–Crippen MR) is 105 cm³/mol. The van der Waals surface area contributed by atoms with Crippen LogP contribution in [0.1, 0.15) is 17.0 Å². The number of hydrogen-bond acceptors (Lipinski definition) is 5. The summed E-state index contributed by atoms with van der Waals surface area (Å²) < 4.78 is 4.99. The highest BCUT2D eigenvalue weighted by Crippen LogP contribution is 2.30. The molecular weight excluding hydrogens is 374 g/mol. The van der Waals surface area contributed by atoms with Gasteiger partial charge in [0.25, 0.3) is 5.91 Å². The van der Waals surface area contributed by atoms with Crippen LogP contribution >= 0.6 is 23.4 Å². The molecule has 0 bridgehead atoms. The van der Waals surface area contributed by atoms with Crippen LogP contribution in [0.25, 0.3) is 0 Å². The van der Waals surface area contributed by atoms with E-state index in [0.717, 1.165) is 30.3 Å². The Morgan fingerprint density at radius 3 is 2.73 bits per heavy atom. The number of benzene rings is 1. The van der Waals surface area contributed by atoms with E-state index >= 15 is 0 Å². The molecule has 1 aromatic carbocycles. The number of nitrogens with zero attached hydrogens (tertiary/aromatic N) is 1. The maximum atomic E-state index is 12.0.